The number of nitrogens with zero attached hydrogens (tertiary/aromatic N) is 4. The summed E-state index contributed by atoms with van der Waals surface area (Å²) in [4.78, 5) is 10.1. The fourth-order valence-corrected chi connectivity index (χ4v) is 3.60. The number of rotatable bonds is 3. The van der Waals surface area contributed by atoms with Crippen molar-refractivity contribution in [3.8, 4) is 0 Å². The molecule has 0 atom stereocenters. The van der Waals surface area contributed by atoms with Crippen LogP contribution in [-0.2, 0) is 4.74 Å². The van der Waals surface area contributed by atoms with Gasteiger partial charge in [0.2, 0.25) is 0 Å². The monoisotopic (exact) mass is 386 g/mol. The van der Waals surface area contributed by atoms with Crippen molar-refractivity contribution in [2.24, 2.45) is 5.10 Å². The molecule has 1 aliphatic rings. The van der Waals surface area contributed by atoms with Crippen LogP contribution in [0.1, 0.15) is 17.5 Å². The highest BCUT2D eigenvalue weighted by molar-refractivity contribution is 7.12. The maximum Gasteiger partial charge on any atom is 0.193 e. The Kier molecular flexibility index (Phi) is 4.26. The lowest BCUT2D eigenvalue weighted by Crippen LogP contribution is -2.15. The maximum absolute atomic E-state index is 10.9. The Hall–Kier alpha value is -2.64. The first kappa shape index (κ1) is 16.8. The maximum atomic E-state index is 10.9. The number of thiophene rings is 1. The lowest BCUT2D eigenvalue weighted by atomic mass is 10.2. The molecule has 0 fully saturated rings. The van der Waals surface area contributed by atoms with Gasteiger partial charge in [0.25, 0.3) is 0 Å². The minimum Gasteiger partial charge on any atom is -0.503 e. The van der Waals surface area contributed by atoms with Gasteiger partial charge in [-0.05, 0) is 36.6 Å². The molecule has 0 bridgehead atoms. The molecule has 2 aromatic heterocycles. The van der Waals surface area contributed by atoms with Crippen molar-refractivity contribution >= 4 is 51.3 Å². The Morgan fingerprint density at radius 1 is 1.23 bits per heavy atom. The van der Waals surface area contributed by atoms with Crippen molar-refractivity contribution in [1.29, 1.82) is 0 Å². The van der Waals surface area contributed by atoms with Crippen LogP contribution in [0.5, 0.6) is 0 Å². The fraction of sp³-hybridized carbons (Fsp3) is 0.167. The first-order chi connectivity index (χ1) is 12.6. The van der Waals surface area contributed by atoms with E-state index >= 15 is 0 Å². The molecule has 0 unspecified atom stereocenters. The van der Waals surface area contributed by atoms with E-state index in [9.17, 15) is 5.11 Å². The van der Waals surface area contributed by atoms with Crippen molar-refractivity contribution < 1.29 is 9.84 Å². The van der Waals surface area contributed by atoms with E-state index in [0.717, 1.165) is 4.88 Å². The third kappa shape index (κ3) is 2.79. The minimum atomic E-state index is -0.0596. The molecule has 3 heterocycles. The largest absolute Gasteiger partial charge is 0.503 e. The number of hydrogen-bond donors (Lipinski definition) is 1. The van der Waals surface area contributed by atoms with E-state index in [1.807, 2.05) is 24.4 Å². The number of aliphatic hydroxyl groups excluding tert-OH is 1. The molecule has 132 valence electrons. The minimum absolute atomic E-state index is 0.0596. The molecule has 26 heavy (non-hydrogen) atoms. The quantitative estimate of drug-likeness (QED) is 0.719. The SMILES string of the molecule is CCOC1=C(O)C(c2cccs2)=NN(C)c2nc3ccc(Cl)cc3nc21. The zero-order valence-corrected chi connectivity index (χ0v) is 15.7. The molecular weight excluding hydrogens is 372 g/mol. The number of aromatic nitrogens is 2. The number of fused-ring (bicyclic) bond motifs is 2. The number of anilines is 1. The predicted molar refractivity (Wildman–Crippen MR) is 105 cm³/mol. The number of allylic oxidation sites excluding steroid dienone is 1. The van der Waals surface area contributed by atoms with Gasteiger partial charge in [-0.15, -0.1) is 11.3 Å². The summed E-state index contributed by atoms with van der Waals surface area (Å²) in [6.45, 7) is 2.22. The smallest absolute Gasteiger partial charge is 0.193 e. The summed E-state index contributed by atoms with van der Waals surface area (Å²) in [7, 11) is 1.77. The summed E-state index contributed by atoms with van der Waals surface area (Å²) in [5, 5.41) is 19.6. The number of aliphatic hydroxyl groups is 1. The standard InChI is InChI=1S/C18H15ClN4O2S/c1-3-25-17-15-18(21-11-7-6-10(19)9-12(11)20-15)23(2)22-14(16(17)24)13-5-4-8-26-13/h4-9,24H,3H2,1-2H3. The molecule has 4 rings (SSSR count). The first-order valence-corrected chi connectivity index (χ1v) is 9.24. The van der Waals surface area contributed by atoms with Crippen LogP contribution in [0.3, 0.4) is 0 Å². The number of halogens is 1. The molecule has 0 saturated carbocycles. The van der Waals surface area contributed by atoms with Crippen LogP contribution in [0.4, 0.5) is 5.82 Å². The molecular formula is C18H15ClN4O2S. The third-order valence-corrected chi connectivity index (χ3v) is 4.97. The Bertz CT molecular complexity index is 1050. The van der Waals surface area contributed by atoms with Gasteiger partial charge in [-0.3, -0.25) is 0 Å². The van der Waals surface area contributed by atoms with Crippen LogP contribution in [0.15, 0.2) is 46.6 Å². The summed E-state index contributed by atoms with van der Waals surface area (Å²) < 4.78 is 5.75. The van der Waals surface area contributed by atoms with Gasteiger partial charge < -0.3 is 9.84 Å². The van der Waals surface area contributed by atoms with Gasteiger partial charge in [0, 0.05) is 12.1 Å². The second kappa shape index (κ2) is 6.59. The van der Waals surface area contributed by atoms with Gasteiger partial charge in [-0.2, -0.15) is 5.10 Å². The lowest BCUT2D eigenvalue weighted by Gasteiger charge is -2.15. The second-order valence-corrected chi connectivity index (χ2v) is 6.97. The highest BCUT2D eigenvalue weighted by Gasteiger charge is 2.28. The molecule has 0 saturated heterocycles. The van der Waals surface area contributed by atoms with E-state index in [1.54, 1.807) is 30.3 Å². The molecule has 0 aliphatic carbocycles. The van der Waals surface area contributed by atoms with Crippen molar-refractivity contribution in [3.63, 3.8) is 0 Å². The van der Waals surface area contributed by atoms with E-state index < -0.39 is 0 Å². The Balaban J connectivity index is 2.01. The van der Waals surface area contributed by atoms with Gasteiger partial charge in [0.05, 0.1) is 22.5 Å². The number of hydrogen-bond acceptors (Lipinski definition) is 7. The number of hydrazone groups is 1. The van der Waals surface area contributed by atoms with E-state index in [2.05, 4.69) is 15.1 Å². The van der Waals surface area contributed by atoms with Crippen molar-refractivity contribution in [2.75, 3.05) is 18.7 Å². The Morgan fingerprint density at radius 3 is 2.81 bits per heavy atom. The topological polar surface area (TPSA) is 70.8 Å². The molecule has 1 N–H and O–H groups in total. The normalized spacial score (nSPS) is 14.3. The Morgan fingerprint density at radius 2 is 2.08 bits per heavy atom. The highest BCUT2D eigenvalue weighted by Crippen LogP contribution is 2.33. The summed E-state index contributed by atoms with van der Waals surface area (Å²) in [6, 6.07) is 9.10. The van der Waals surface area contributed by atoms with E-state index in [-0.39, 0.29) is 11.5 Å². The summed E-state index contributed by atoms with van der Waals surface area (Å²) in [5.41, 5.74) is 2.16. The third-order valence-electron chi connectivity index (χ3n) is 3.86. The van der Waals surface area contributed by atoms with Gasteiger partial charge in [0.1, 0.15) is 5.71 Å². The molecule has 0 radical (unpaired) electrons. The van der Waals surface area contributed by atoms with Crippen LogP contribution < -0.4 is 5.01 Å². The lowest BCUT2D eigenvalue weighted by molar-refractivity contribution is 0.280. The zero-order chi connectivity index (χ0) is 18.3. The molecule has 1 aliphatic heterocycles. The van der Waals surface area contributed by atoms with E-state index in [0.29, 0.717) is 39.9 Å². The summed E-state index contributed by atoms with van der Waals surface area (Å²) in [5.74, 6) is 0.699. The van der Waals surface area contributed by atoms with Crippen molar-refractivity contribution in [3.05, 3.63) is 57.1 Å². The van der Waals surface area contributed by atoms with Crippen molar-refractivity contribution in [2.45, 2.75) is 6.92 Å². The molecule has 3 aromatic rings. The van der Waals surface area contributed by atoms with E-state index in [1.165, 1.54) is 11.3 Å². The van der Waals surface area contributed by atoms with Crippen LogP contribution >= 0.6 is 22.9 Å². The molecule has 0 spiro atoms. The van der Waals surface area contributed by atoms with Crippen LogP contribution in [0.2, 0.25) is 5.02 Å². The first-order valence-electron chi connectivity index (χ1n) is 7.98. The van der Waals surface area contributed by atoms with Crippen LogP contribution in [-0.4, -0.2) is 34.4 Å². The van der Waals surface area contributed by atoms with E-state index in [4.69, 9.17) is 16.3 Å². The van der Waals surface area contributed by atoms with Gasteiger partial charge in [0.15, 0.2) is 23.0 Å². The van der Waals surface area contributed by atoms with Gasteiger partial charge in [-0.25, -0.2) is 15.0 Å². The number of ether oxygens (including phenoxy) is 1. The fourth-order valence-electron chi connectivity index (χ4n) is 2.72. The highest BCUT2D eigenvalue weighted by atomic mass is 35.5. The van der Waals surface area contributed by atoms with Gasteiger partial charge >= 0.3 is 0 Å². The predicted octanol–water partition coefficient (Wildman–Crippen LogP) is 4.46. The summed E-state index contributed by atoms with van der Waals surface area (Å²) >= 11 is 7.57. The average molecular weight is 387 g/mol. The molecule has 8 heteroatoms. The second-order valence-electron chi connectivity index (χ2n) is 5.59. The van der Waals surface area contributed by atoms with Crippen LogP contribution in [0, 0.1) is 0 Å². The van der Waals surface area contributed by atoms with Crippen LogP contribution in [0.25, 0.3) is 16.8 Å². The van der Waals surface area contributed by atoms with Crippen molar-refractivity contribution in [1.82, 2.24) is 9.97 Å². The Labute approximate surface area is 159 Å². The number of benzene rings is 1. The molecule has 6 nitrogen and oxygen atoms in total. The molecule has 0 amide bonds. The molecule has 1 aromatic carbocycles. The average Bonchev–Trinajstić information content (AvgIpc) is 3.14. The van der Waals surface area contributed by atoms with Gasteiger partial charge in [-0.1, -0.05) is 17.7 Å². The zero-order valence-electron chi connectivity index (χ0n) is 14.1. The summed E-state index contributed by atoms with van der Waals surface area (Å²) in [6.07, 6.45) is 0.